The van der Waals surface area contributed by atoms with Gasteiger partial charge in [0.25, 0.3) is 10.0 Å². The van der Waals surface area contributed by atoms with Crippen molar-refractivity contribution in [3.05, 3.63) is 83.8 Å². The molecule has 2 aromatic carbocycles. The van der Waals surface area contributed by atoms with E-state index in [2.05, 4.69) is 4.98 Å². The van der Waals surface area contributed by atoms with Gasteiger partial charge in [-0.2, -0.15) is 0 Å². The zero-order chi connectivity index (χ0) is 24.3. The molecule has 3 rings (SSSR count). The molecule has 1 heterocycles. The minimum Gasteiger partial charge on any atom is -0.495 e. The molecule has 0 bridgehead atoms. The van der Waals surface area contributed by atoms with Crippen LogP contribution in [0, 0.1) is 23.3 Å². The van der Waals surface area contributed by atoms with Gasteiger partial charge in [0.15, 0.2) is 16.5 Å². The van der Waals surface area contributed by atoms with Gasteiger partial charge in [0.1, 0.15) is 23.1 Å². The van der Waals surface area contributed by atoms with Gasteiger partial charge in [-0.1, -0.05) is 6.07 Å². The SMILES string of the molecule is COc1cncc(/C(N)=C/N(N)c2c(F)ccc(NS(=O)(=O)c3c(F)cccc3F)c2F)c1. The summed E-state index contributed by atoms with van der Waals surface area (Å²) >= 11 is 0. The second kappa shape index (κ2) is 9.34. The highest BCUT2D eigenvalue weighted by molar-refractivity contribution is 7.92. The Hall–Kier alpha value is -3.84. The van der Waals surface area contributed by atoms with Crippen LogP contribution in [0.4, 0.5) is 28.9 Å². The first-order chi connectivity index (χ1) is 15.5. The van der Waals surface area contributed by atoms with Crippen LogP contribution in [0.15, 0.2) is 59.9 Å². The number of hydrogen-bond acceptors (Lipinski definition) is 7. The lowest BCUT2D eigenvalue weighted by Gasteiger charge is -2.19. The zero-order valence-corrected chi connectivity index (χ0v) is 17.7. The van der Waals surface area contributed by atoms with Crippen LogP contribution in [0.3, 0.4) is 0 Å². The van der Waals surface area contributed by atoms with Crippen LogP contribution >= 0.6 is 0 Å². The molecular formula is C20H17F4N5O3S. The molecule has 0 atom stereocenters. The van der Waals surface area contributed by atoms with Gasteiger partial charge in [-0.05, 0) is 30.3 Å². The monoisotopic (exact) mass is 483 g/mol. The van der Waals surface area contributed by atoms with Crippen molar-refractivity contribution >= 4 is 27.1 Å². The van der Waals surface area contributed by atoms with Gasteiger partial charge in [-0.3, -0.25) is 14.7 Å². The van der Waals surface area contributed by atoms with Crippen molar-refractivity contribution in [1.82, 2.24) is 4.98 Å². The number of hydrazine groups is 1. The van der Waals surface area contributed by atoms with Crippen molar-refractivity contribution in [2.45, 2.75) is 4.90 Å². The largest absolute Gasteiger partial charge is 0.495 e. The summed E-state index contributed by atoms with van der Waals surface area (Å²) in [6, 6.07) is 5.33. The highest BCUT2D eigenvalue weighted by Gasteiger charge is 2.27. The van der Waals surface area contributed by atoms with E-state index in [1.165, 1.54) is 25.6 Å². The van der Waals surface area contributed by atoms with Crippen LogP contribution in [-0.4, -0.2) is 20.5 Å². The quantitative estimate of drug-likeness (QED) is 0.268. The van der Waals surface area contributed by atoms with Gasteiger partial charge >= 0.3 is 0 Å². The third-order valence-corrected chi connectivity index (χ3v) is 5.73. The van der Waals surface area contributed by atoms with Crippen LogP contribution < -0.4 is 26.0 Å². The predicted molar refractivity (Wildman–Crippen MR) is 113 cm³/mol. The fraction of sp³-hybridized carbons (Fsp3) is 0.0500. The molecule has 0 aliphatic rings. The lowest BCUT2D eigenvalue weighted by molar-refractivity contribution is 0.412. The molecule has 8 nitrogen and oxygen atoms in total. The smallest absolute Gasteiger partial charge is 0.267 e. The molecule has 3 aromatic rings. The number of ether oxygens (including phenoxy) is 1. The van der Waals surface area contributed by atoms with Crippen molar-refractivity contribution in [2.75, 3.05) is 16.8 Å². The number of rotatable bonds is 7. The van der Waals surface area contributed by atoms with Gasteiger partial charge < -0.3 is 10.5 Å². The fourth-order valence-electron chi connectivity index (χ4n) is 2.77. The molecule has 0 amide bonds. The topological polar surface area (TPSA) is 124 Å². The number of sulfonamides is 1. The molecule has 0 saturated carbocycles. The van der Waals surface area contributed by atoms with Crippen LogP contribution in [-0.2, 0) is 10.0 Å². The van der Waals surface area contributed by atoms with Gasteiger partial charge in [-0.15, -0.1) is 0 Å². The molecule has 1 aromatic heterocycles. The van der Waals surface area contributed by atoms with Gasteiger partial charge in [0, 0.05) is 18.0 Å². The number of anilines is 2. The Kier molecular flexibility index (Phi) is 6.74. The maximum absolute atomic E-state index is 15.0. The third-order valence-electron chi connectivity index (χ3n) is 4.32. The Morgan fingerprint density at radius 2 is 1.76 bits per heavy atom. The molecule has 0 saturated heterocycles. The lowest BCUT2D eigenvalue weighted by atomic mass is 10.2. The average Bonchev–Trinajstić information content (AvgIpc) is 2.75. The Balaban J connectivity index is 1.98. The number of pyridine rings is 1. The van der Waals surface area contributed by atoms with Gasteiger partial charge in [-0.25, -0.2) is 31.8 Å². The molecule has 0 unspecified atom stereocenters. The standard InChI is InChI=1S/C20H17F4N5O3S/c1-32-12-7-11(8-27-9-12)16(25)10-29(26)19-13(21)5-6-17(18(19)24)28-33(30,31)20-14(22)3-2-4-15(20)23/h2-10,28H,25-26H2,1H3/b16-10-. The van der Waals surface area contributed by atoms with Crippen LogP contribution in [0.1, 0.15) is 5.56 Å². The molecular weight excluding hydrogens is 466 g/mol. The Bertz CT molecular complexity index is 1320. The first-order valence-electron chi connectivity index (χ1n) is 9.00. The fourth-order valence-corrected chi connectivity index (χ4v) is 3.97. The summed E-state index contributed by atoms with van der Waals surface area (Å²) in [6.45, 7) is 0. The normalized spacial score (nSPS) is 11.9. The van der Waals surface area contributed by atoms with Crippen molar-refractivity contribution < 1.29 is 30.7 Å². The van der Waals surface area contributed by atoms with Crippen LogP contribution in [0.25, 0.3) is 5.70 Å². The lowest BCUT2D eigenvalue weighted by Crippen LogP contribution is -2.28. The third kappa shape index (κ3) is 4.99. The van der Waals surface area contributed by atoms with Gasteiger partial charge in [0.05, 0.1) is 24.7 Å². The van der Waals surface area contributed by atoms with E-state index in [1.54, 1.807) is 4.72 Å². The van der Waals surface area contributed by atoms with E-state index in [-0.39, 0.29) is 5.70 Å². The first kappa shape index (κ1) is 23.8. The van der Waals surface area contributed by atoms with Crippen molar-refractivity contribution in [3.63, 3.8) is 0 Å². The summed E-state index contributed by atoms with van der Waals surface area (Å²) in [5.74, 6) is 0.701. The number of nitrogens with two attached hydrogens (primary N) is 2. The summed E-state index contributed by atoms with van der Waals surface area (Å²) < 4.78 is 88.8. The van der Waals surface area contributed by atoms with Crippen LogP contribution in [0.2, 0.25) is 0 Å². The molecule has 5 N–H and O–H groups in total. The van der Waals surface area contributed by atoms with E-state index < -0.39 is 49.6 Å². The maximum Gasteiger partial charge on any atom is 0.267 e. The first-order valence-corrected chi connectivity index (χ1v) is 10.5. The summed E-state index contributed by atoms with van der Waals surface area (Å²) in [7, 11) is -3.51. The second-order valence-corrected chi connectivity index (χ2v) is 8.14. The molecule has 0 aliphatic carbocycles. The minimum atomic E-state index is -4.91. The summed E-state index contributed by atoms with van der Waals surface area (Å²) in [6.07, 6.45) is 3.72. The molecule has 13 heteroatoms. The number of benzene rings is 2. The Morgan fingerprint density at radius 1 is 1.09 bits per heavy atom. The van der Waals surface area contributed by atoms with E-state index >= 15 is 4.39 Å². The highest BCUT2D eigenvalue weighted by Crippen LogP contribution is 2.31. The van der Waals surface area contributed by atoms with Gasteiger partial charge in [0.2, 0.25) is 0 Å². The molecule has 0 aliphatic heterocycles. The van der Waals surface area contributed by atoms with Crippen molar-refractivity contribution in [1.29, 1.82) is 0 Å². The Morgan fingerprint density at radius 3 is 2.39 bits per heavy atom. The molecule has 174 valence electrons. The van der Waals surface area contributed by atoms with Crippen LogP contribution in [0.5, 0.6) is 5.75 Å². The average molecular weight is 483 g/mol. The van der Waals surface area contributed by atoms with E-state index in [9.17, 15) is 21.6 Å². The maximum atomic E-state index is 15.0. The van der Waals surface area contributed by atoms with E-state index in [4.69, 9.17) is 16.3 Å². The number of hydrogen-bond donors (Lipinski definition) is 3. The number of halogens is 4. The van der Waals surface area contributed by atoms with E-state index in [0.29, 0.717) is 34.5 Å². The highest BCUT2D eigenvalue weighted by atomic mass is 32.2. The number of methoxy groups -OCH3 is 1. The molecule has 33 heavy (non-hydrogen) atoms. The number of nitrogens with zero attached hydrogens (tertiary/aromatic N) is 2. The number of aromatic nitrogens is 1. The second-order valence-electron chi connectivity index (χ2n) is 6.52. The van der Waals surface area contributed by atoms with E-state index in [0.717, 1.165) is 18.3 Å². The predicted octanol–water partition coefficient (Wildman–Crippen LogP) is 3.08. The number of nitrogens with one attached hydrogen (secondary N) is 1. The zero-order valence-electron chi connectivity index (χ0n) is 16.9. The van der Waals surface area contributed by atoms with Crippen molar-refractivity contribution in [2.24, 2.45) is 11.6 Å². The summed E-state index contributed by atoms with van der Waals surface area (Å²) in [5, 5.41) is 0.487. The molecule has 0 radical (unpaired) electrons. The molecule has 0 spiro atoms. The minimum absolute atomic E-state index is 0.0536. The van der Waals surface area contributed by atoms with Crippen molar-refractivity contribution in [3.8, 4) is 5.75 Å². The molecule has 0 fully saturated rings. The summed E-state index contributed by atoms with van der Waals surface area (Å²) in [4.78, 5) is 2.57. The van der Waals surface area contributed by atoms with E-state index in [1.807, 2.05) is 0 Å². The Labute approximate surface area is 186 Å². The summed E-state index contributed by atoms with van der Waals surface area (Å²) in [5.41, 5.74) is 4.48.